The van der Waals surface area contributed by atoms with E-state index in [2.05, 4.69) is 48.5 Å². The number of aliphatic hydroxyl groups is 1. The van der Waals surface area contributed by atoms with Gasteiger partial charge >= 0.3 is 39.5 Å². The molecule has 0 aliphatic heterocycles. The molecule has 0 aromatic heterocycles. The van der Waals surface area contributed by atoms with Crippen LogP contribution in [0.4, 0.5) is 0 Å². The summed E-state index contributed by atoms with van der Waals surface area (Å²) in [5.74, 6) is 0.168. The van der Waals surface area contributed by atoms with E-state index in [-0.39, 0.29) is 25.7 Å². The van der Waals surface area contributed by atoms with Gasteiger partial charge in [0.1, 0.15) is 19.3 Å². The van der Waals surface area contributed by atoms with Crippen LogP contribution in [0.1, 0.15) is 440 Å². The van der Waals surface area contributed by atoms with E-state index in [1.54, 1.807) is 0 Å². The van der Waals surface area contributed by atoms with Crippen LogP contribution < -0.4 is 0 Å². The number of carbonyl (C=O) groups is 4. The van der Waals surface area contributed by atoms with Crippen LogP contribution in [0.5, 0.6) is 0 Å². The second-order valence-electron chi connectivity index (χ2n) is 31.6. The lowest BCUT2D eigenvalue weighted by Gasteiger charge is -2.21. The van der Waals surface area contributed by atoms with Gasteiger partial charge in [-0.3, -0.25) is 37.3 Å². The zero-order valence-electron chi connectivity index (χ0n) is 67.8. The van der Waals surface area contributed by atoms with Crippen molar-refractivity contribution >= 4 is 39.5 Å². The first-order chi connectivity index (χ1) is 49.7. The molecule has 0 heterocycles. The number of phosphoric acid groups is 2. The number of phosphoric ester groups is 2. The molecule has 612 valence electrons. The minimum Gasteiger partial charge on any atom is -0.462 e. The molecule has 0 rings (SSSR count). The number of ether oxygens (including phenoxy) is 4. The lowest BCUT2D eigenvalue weighted by Crippen LogP contribution is -2.30. The number of rotatable bonds is 82. The summed E-state index contributed by atoms with van der Waals surface area (Å²) in [4.78, 5) is 73.1. The molecule has 0 fully saturated rings. The summed E-state index contributed by atoms with van der Waals surface area (Å²) in [6, 6.07) is 0. The predicted molar refractivity (Wildman–Crippen MR) is 423 cm³/mol. The van der Waals surface area contributed by atoms with Crippen LogP contribution in [0, 0.1) is 17.8 Å². The molecule has 0 aliphatic carbocycles. The van der Waals surface area contributed by atoms with Crippen molar-refractivity contribution in [1.82, 2.24) is 0 Å². The monoisotopic (exact) mass is 1510 g/mol. The predicted octanol–water partition coefficient (Wildman–Crippen LogP) is 25.3. The summed E-state index contributed by atoms with van der Waals surface area (Å²) in [6.07, 6.45) is 64.1. The average Bonchev–Trinajstić information content (AvgIpc) is 0.930. The first kappa shape index (κ1) is 101. The maximum Gasteiger partial charge on any atom is 0.472 e. The molecule has 0 aromatic carbocycles. The van der Waals surface area contributed by atoms with E-state index >= 15 is 0 Å². The van der Waals surface area contributed by atoms with E-state index < -0.39 is 97.5 Å². The van der Waals surface area contributed by atoms with Crippen LogP contribution in [0.2, 0.25) is 0 Å². The molecule has 2 unspecified atom stereocenters. The maximum atomic E-state index is 13.1. The Labute approximate surface area is 632 Å². The van der Waals surface area contributed by atoms with Crippen molar-refractivity contribution in [3.05, 3.63) is 0 Å². The Bertz CT molecular complexity index is 1990. The van der Waals surface area contributed by atoms with Gasteiger partial charge in [0.05, 0.1) is 26.4 Å². The summed E-state index contributed by atoms with van der Waals surface area (Å²) >= 11 is 0. The van der Waals surface area contributed by atoms with Crippen molar-refractivity contribution in [2.24, 2.45) is 17.8 Å². The number of unbranched alkanes of at least 4 members (excludes halogenated alkanes) is 50. The van der Waals surface area contributed by atoms with E-state index in [1.807, 2.05) is 0 Å². The largest absolute Gasteiger partial charge is 0.472 e. The number of carbonyl (C=O) groups excluding carboxylic acids is 4. The van der Waals surface area contributed by atoms with Gasteiger partial charge in [-0.2, -0.15) is 0 Å². The summed E-state index contributed by atoms with van der Waals surface area (Å²) in [5.41, 5.74) is 0. The van der Waals surface area contributed by atoms with Crippen LogP contribution in [0.3, 0.4) is 0 Å². The number of esters is 4. The average molecular weight is 1510 g/mol. The first-order valence-corrected chi connectivity index (χ1v) is 46.3. The highest BCUT2D eigenvalue weighted by Crippen LogP contribution is 2.45. The Morgan fingerprint density at radius 1 is 0.262 bits per heavy atom. The van der Waals surface area contributed by atoms with Crippen LogP contribution >= 0.6 is 15.6 Å². The van der Waals surface area contributed by atoms with Gasteiger partial charge in [0.15, 0.2) is 12.2 Å². The van der Waals surface area contributed by atoms with E-state index in [0.717, 1.165) is 108 Å². The number of aliphatic hydroxyl groups excluding tert-OH is 1. The number of hydrogen-bond donors (Lipinski definition) is 3. The van der Waals surface area contributed by atoms with Crippen LogP contribution in [0.15, 0.2) is 0 Å². The Balaban J connectivity index is 5.22. The summed E-state index contributed by atoms with van der Waals surface area (Å²) in [5, 5.41) is 10.7. The molecule has 0 aliphatic rings. The van der Waals surface area contributed by atoms with Gasteiger partial charge in [-0.1, -0.05) is 389 Å². The first-order valence-electron chi connectivity index (χ1n) is 43.3. The Kier molecular flexibility index (Phi) is 72.8. The van der Waals surface area contributed by atoms with Gasteiger partial charge in [0, 0.05) is 25.7 Å². The lowest BCUT2D eigenvalue weighted by atomic mass is 10.0. The second kappa shape index (κ2) is 74.2. The Hall–Kier alpha value is -1.94. The molecule has 0 radical (unpaired) electrons. The van der Waals surface area contributed by atoms with Gasteiger partial charge in [0.2, 0.25) is 0 Å². The third-order valence-electron chi connectivity index (χ3n) is 19.6. The van der Waals surface area contributed by atoms with Gasteiger partial charge < -0.3 is 33.8 Å². The van der Waals surface area contributed by atoms with E-state index in [9.17, 15) is 43.2 Å². The lowest BCUT2D eigenvalue weighted by molar-refractivity contribution is -0.161. The molecular weight excluding hydrogens is 1340 g/mol. The minimum atomic E-state index is -4.96. The number of hydrogen-bond acceptors (Lipinski definition) is 15. The summed E-state index contributed by atoms with van der Waals surface area (Å²) in [6.45, 7) is 11.9. The fourth-order valence-corrected chi connectivity index (χ4v) is 14.6. The topological polar surface area (TPSA) is 237 Å². The van der Waals surface area contributed by atoms with E-state index in [1.165, 1.54) is 244 Å². The third kappa shape index (κ3) is 78.0. The summed E-state index contributed by atoms with van der Waals surface area (Å²) < 4.78 is 68.8. The van der Waals surface area contributed by atoms with E-state index in [4.69, 9.17) is 37.0 Å². The zero-order valence-corrected chi connectivity index (χ0v) is 69.6. The van der Waals surface area contributed by atoms with Crippen molar-refractivity contribution in [3.8, 4) is 0 Å². The van der Waals surface area contributed by atoms with Gasteiger partial charge in [0.25, 0.3) is 0 Å². The molecule has 0 bridgehead atoms. The second-order valence-corrected chi connectivity index (χ2v) is 34.6. The zero-order chi connectivity index (χ0) is 75.8. The summed E-state index contributed by atoms with van der Waals surface area (Å²) in [7, 11) is -9.92. The molecule has 103 heavy (non-hydrogen) atoms. The smallest absolute Gasteiger partial charge is 0.462 e. The van der Waals surface area contributed by atoms with Gasteiger partial charge in [-0.25, -0.2) is 9.13 Å². The normalized spacial score (nSPS) is 13.9. The van der Waals surface area contributed by atoms with Crippen molar-refractivity contribution < 1.29 is 80.2 Å². The highest BCUT2D eigenvalue weighted by molar-refractivity contribution is 7.47. The molecule has 0 saturated heterocycles. The maximum absolute atomic E-state index is 13.1. The van der Waals surface area contributed by atoms with E-state index in [0.29, 0.717) is 31.6 Å². The van der Waals surface area contributed by atoms with Crippen molar-refractivity contribution in [3.63, 3.8) is 0 Å². The fourth-order valence-electron chi connectivity index (χ4n) is 13.0. The molecule has 17 nitrogen and oxygen atoms in total. The molecule has 5 atom stereocenters. The van der Waals surface area contributed by atoms with Crippen LogP contribution in [0.25, 0.3) is 0 Å². The molecule has 19 heteroatoms. The van der Waals surface area contributed by atoms with Gasteiger partial charge in [-0.15, -0.1) is 0 Å². The molecule has 0 spiro atoms. The molecule has 0 aromatic rings. The molecule has 0 saturated carbocycles. The van der Waals surface area contributed by atoms with Crippen molar-refractivity contribution in [1.29, 1.82) is 0 Å². The molecule has 3 N–H and O–H groups in total. The minimum absolute atomic E-state index is 0.105. The SMILES string of the molecule is CCCCCCCCCCCCCCCCCCCCCC(=O)OC[C@H](COP(=O)(O)OC[C@@H](O)COP(=O)(O)OC[C@@H](COC(=O)CCCCCCCCCC(C)C)OC(=O)CCCCCCCCCCCCC(C)C)OC(=O)CCCCCCCCCCCCCCCCCCCCC(C)C. The van der Waals surface area contributed by atoms with Crippen molar-refractivity contribution in [2.45, 2.75) is 458 Å². The van der Waals surface area contributed by atoms with Crippen LogP contribution in [-0.4, -0.2) is 96.7 Å². The molecule has 0 amide bonds. The fraction of sp³-hybridized carbons (Fsp3) is 0.952. The highest BCUT2D eigenvalue weighted by Gasteiger charge is 2.30. The standard InChI is InChI=1S/C84H164O17P2/c1-8-9-10-11-12-13-14-15-16-17-18-22-25-28-31-37-44-51-58-65-81(86)94-71-79(100-83(88)67-60-53-45-38-32-29-26-23-20-19-21-24-27-30-35-41-48-55-62-75(2)3)73-98-102(90,91)96-69-78(85)70-97-103(92,93)99-74-80(72-95-82(87)66-59-52-47-40-43-50-57-64-77(6)7)101-84(89)68-61-54-46-39-34-33-36-42-49-56-63-76(4)5/h75-80,85H,8-74H2,1-7H3,(H,90,91)(H,92,93)/t78-,79-,80-/m1/s1. The van der Waals surface area contributed by atoms with Gasteiger partial charge in [-0.05, 0) is 43.4 Å². The van der Waals surface area contributed by atoms with Crippen LogP contribution in [-0.2, 0) is 65.4 Å². The Morgan fingerprint density at radius 2 is 0.447 bits per heavy atom. The van der Waals surface area contributed by atoms with Crippen molar-refractivity contribution in [2.75, 3.05) is 39.6 Å². The quantitative estimate of drug-likeness (QED) is 0.0222. The Morgan fingerprint density at radius 3 is 0.660 bits per heavy atom. The highest BCUT2D eigenvalue weighted by atomic mass is 31.2. The molecular formula is C84H164O17P2. The third-order valence-corrected chi connectivity index (χ3v) is 21.5.